The summed E-state index contributed by atoms with van der Waals surface area (Å²) < 4.78 is 6.66. The minimum atomic E-state index is -0.104. The van der Waals surface area contributed by atoms with Gasteiger partial charge in [0.25, 0.3) is 5.22 Å². The van der Waals surface area contributed by atoms with Crippen molar-refractivity contribution in [2.24, 2.45) is 0 Å². The number of hydrogen-bond acceptors (Lipinski definition) is 7. The number of amides is 1. The number of likely N-dealkylation sites (N-methyl/N-ethyl adjacent to an activating group) is 1. The number of anilines is 2. The van der Waals surface area contributed by atoms with Crippen LogP contribution in [0.2, 0.25) is 0 Å². The minimum absolute atomic E-state index is 0.104. The lowest BCUT2D eigenvalue weighted by atomic mass is 10.2. The predicted octanol–water partition coefficient (Wildman–Crippen LogP) is 4.37. The van der Waals surface area contributed by atoms with Crippen LogP contribution in [0.15, 0.2) is 62.6 Å². The van der Waals surface area contributed by atoms with Gasteiger partial charge in [0, 0.05) is 36.2 Å². The first kappa shape index (κ1) is 21.9. The SMILES string of the molecule is CCN1CCN(c2ccccc2NC(=O)CSc2nnc(-c3ccc(Br)cc3)o2)CC1. The van der Waals surface area contributed by atoms with Gasteiger partial charge < -0.3 is 19.5 Å². The lowest BCUT2D eigenvalue weighted by molar-refractivity contribution is -0.113. The first-order valence-electron chi connectivity index (χ1n) is 10.2. The largest absolute Gasteiger partial charge is 0.411 e. The molecule has 2 heterocycles. The number of nitrogens with zero attached hydrogens (tertiary/aromatic N) is 4. The van der Waals surface area contributed by atoms with Crippen LogP contribution in [0.4, 0.5) is 11.4 Å². The second kappa shape index (κ2) is 10.3. The van der Waals surface area contributed by atoms with Gasteiger partial charge in [-0.15, -0.1) is 10.2 Å². The zero-order chi connectivity index (χ0) is 21.6. The maximum Gasteiger partial charge on any atom is 0.277 e. The van der Waals surface area contributed by atoms with Crippen LogP contribution in [0.1, 0.15) is 6.92 Å². The van der Waals surface area contributed by atoms with Gasteiger partial charge in [-0.1, -0.05) is 46.7 Å². The number of hydrogen-bond donors (Lipinski definition) is 1. The number of aromatic nitrogens is 2. The fraction of sp³-hybridized carbons (Fsp3) is 0.318. The van der Waals surface area contributed by atoms with E-state index in [9.17, 15) is 4.79 Å². The Morgan fingerprint density at radius 2 is 1.84 bits per heavy atom. The molecule has 1 fully saturated rings. The van der Waals surface area contributed by atoms with Gasteiger partial charge in [0.15, 0.2) is 0 Å². The molecule has 0 unspecified atom stereocenters. The molecule has 1 aromatic heterocycles. The Hall–Kier alpha value is -2.36. The number of carbonyl (C=O) groups is 1. The molecule has 162 valence electrons. The Morgan fingerprint density at radius 3 is 2.58 bits per heavy atom. The second-order valence-electron chi connectivity index (χ2n) is 7.16. The summed E-state index contributed by atoms with van der Waals surface area (Å²) in [5.74, 6) is 0.528. The summed E-state index contributed by atoms with van der Waals surface area (Å²) in [6.07, 6.45) is 0. The molecule has 0 atom stereocenters. The molecular formula is C22H24BrN5O2S. The highest BCUT2D eigenvalue weighted by molar-refractivity contribution is 9.10. The molecule has 1 aliphatic heterocycles. The van der Waals surface area contributed by atoms with Crippen LogP contribution >= 0.6 is 27.7 Å². The van der Waals surface area contributed by atoms with Crippen LogP contribution in [-0.4, -0.2) is 59.5 Å². The average molecular weight is 502 g/mol. The molecule has 1 N–H and O–H groups in total. The van der Waals surface area contributed by atoms with Crippen molar-refractivity contribution >= 4 is 45.0 Å². The maximum absolute atomic E-state index is 12.6. The molecule has 0 spiro atoms. The van der Waals surface area contributed by atoms with Crippen LogP contribution in [0.25, 0.3) is 11.5 Å². The summed E-state index contributed by atoms with van der Waals surface area (Å²) >= 11 is 4.64. The van der Waals surface area contributed by atoms with Crippen molar-refractivity contribution in [3.05, 3.63) is 53.0 Å². The lowest BCUT2D eigenvalue weighted by Gasteiger charge is -2.36. The molecule has 0 aliphatic carbocycles. The molecule has 9 heteroatoms. The van der Waals surface area contributed by atoms with Crippen molar-refractivity contribution in [2.75, 3.05) is 48.7 Å². The van der Waals surface area contributed by atoms with Gasteiger partial charge in [-0.05, 0) is 42.9 Å². The fourth-order valence-electron chi connectivity index (χ4n) is 3.45. The van der Waals surface area contributed by atoms with E-state index in [1.165, 1.54) is 11.8 Å². The zero-order valence-corrected chi connectivity index (χ0v) is 19.7. The highest BCUT2D eigenvalue weighted by atomic mass is 79.9. The molecule has 0 saturated carbocycles. The number of piperazine rings is 1. The first-order valence-corrected chi connectivity index (χ1v) is 12.0. The molecule has 1 aliphatic rings. The van der Waals surface area contributed by atoms with Gasteiger partial charge in [-0.25, -0.2) is 0 Å². The first-order chi connectivity index (χ1) is 15.1. The van der Waals surface area contributed by atoms with E-state index in [-0.39, 0.29) is 11.7 Å². The van der Waals surface area contributed by atoms with E-state index in [4.69, 9.17) is 4.42 Å². The number of thioether (sulfide) groups is 1. The molecule has 0 radical (unpaired) electrons. The lowest BCUT2D eigenvalue weighted by Crippen LogP contribution is -2.46. The molecular weight excluding hydrogens is 478 g/mol. The standard InChI is InChI=1S/C22H24BrN5O2S/c1-2-27-11-13-28(14-12-27)19-6-4-3-5-18(19)24-20(29)15-31-22-26-25-21(30-22)16-7-9-17(23)10-8-16/h3-10H,2,11-15H2,1H3,(H,24,29). The van der Waals surface area contributed by atoms with E-state index in [1.54, 1.807) is 0 Å². The van der Waals surface area contributed by atoms with Crippen LogP contribution < -0.4 is 10.2 Å². The third-order valence-electron chi connectivity index (χ3n) is 5.16. The zero-order valence-electron chi connectivity index (χ0n) is 17.3. The van der Waals surface area contributed by atoms with E-state index in [1.807, 2.05) is 42.5 Å². The number of carbonyl (C=O) groups excluding carboxylic acids is 1. The number of benzene rings is 2. The van der Waals surface area contributed by atoms with Gasteiger partial charge in [0.05, 0.1) is 17.1 Å². The Bertz CT molecular complexity index is 1020. The van der Waals surface area contributed by atoms with E-state index in [2.05, 4.69) is 54.2 Å². The van der Waals surface area contributed by atoms with E-state index in [0.717, 1.165) is 54.1 Å². The van der Waals surface area contributed by atoms with Gasteiger partial charge in [-0.3, -0.25) is 4.79 Å². The molecule has 7 nitrogen and oxygen atoms in total. The predicted molar refractivity (Wildman–Crippen MR) is 128 cm³/mol. The average Bonchev–Trinajstić information content (AvgIpc) is 3.28. The van der Waals surface area contributed by atoms with Crippen molar-refractivity contribution in [3.63, 3.8) is 0 Å². The summed E-state index contributed by atoms with van der Waals surface area (Å²) in [4.78, 5) is 17.3. The van der Waals surface area contributed by atoms with Crippen molar-refractivity contribution in [2.45, 2.75) is 12.1 Å². The Balaban J connectivity index is 1.34. The second-order valence-corrected chi connectivity index (χ2v) is 9.00. The van der Waals surface area contributed by atoms with E-state index in [0.29, 0.717) is 11.1 Å². The monoisotopic (exact) mass is 501 g/mol. The molecule has 1 amide bonds. The van der Waals surface area contributed by atoms with Crippen LogP contribution in [-0.2, 0) is 4.79 Å². The number of nitrogens with one attached hydrogen (secondary N) is 1. The third kappa shape index (κ3) is 5.66. The summed E-state index contributed by atoms with van der Waals surface area (Å²) in [6, 6.07) is 15.6. The highest BCUT2D eigenvalue weighted by Gasteiger charge is 2.19. The van der Waals surface area contributed by atoms with Gasteiger partial charge in [0.1, 0.15) is 0 Å². The smallest absolute Gasteiger partial charge is 0.277 e. The quantitative estimate of drug-likeness (QED) is 0.481. The van der Waals surface area contributed by atoms with Crippen molar-refractivity contribution < 1.29 is 9.21 Å². The summed E-state index contributed by atoms with van der Waals surface area (Å²) in [7, 11) is 0. The Labute approximate surface area is 194 Å². The molecule has 0 bridgehead atoms. The minimum Gasteiger partial charge on any atom is -0.411 e. The molecule has 3 aromatic rings. The highest BCUT2D eigenvalue weighted by Crippen LogP contribution is 2.28. The van der Waals surface area contributed by atoms with Gasteiger partial charge in [0.2, 0.25) is 11.8 Å². The van der Waals surface area contributed by atoms with Crippen LogP contribution in [0, 0.1) is 0 Å². The van der Waals surface area contributed by atoms with E-state index < -0.39 is 0 Å². The normalized spacial score (nSPS) is 14.6. The van der Waals surface area contributed by atoms with Gasteiger partial charge in [-0.2, -0.15) is 0 Å². The summed E-state index contributed by atoms with van der Waals surface area (Å²) in [5.41, 5.74) is 2.73. The molecule has 1 saturated heterocycles. The van der Waals surface area contributed by atoms with E-state index >= 15 is 0 Å². The fourth-order valence-corrected chi connectivity index (χ4v) is 4.28. The third-order valence-corrected chi connectivity index (χ3v) is 6.51. The van der Waals surface area contributed by atoms with Crippen molar-refractivity contribution in [3.8, 4) is 11.5 Å². The molecule has 4 rings (SSSR count). The molecule has 2 aromatic carbocycles. The van der Waals surface area contributed by atoms with Crippen LogP contribution in [0.3, 0.4) is 0 Å². The number of para-hydroxylation sites is 2. The van der Waals surface area contributed by atoms with Gasteiger partial charge >= 0.3 is 0 Å². The Morgan fingerprint density at radius 1 is 1.10 bits per heavy atom. The maximum atomic E-state index is 12.6. The summed E-state index contributed by atoms with van der Waals surface area (Å²) in [6.45, 7) is 7.24. The van der Waals surface area contributed by atoms with Crippen molar-refractivity contribution in [1.82, 2.24) is 15.1 Å². The summed E-state index contributed by atoms with van der Waals surface area (Å²) in [5, 5.41) is 11.5. The topological polar surface area (TPSA) is 74.5 Å². The number of rotatable bonds is 7. The Kier molecular flexibility index (Phi) is 7.26. The van der Waals surface area contributed by atoms with Crippen LogP contribution in [0.5, 0.6) is 0 Å². The molecule has 31 heavy (non-hydrogen) atoms. The number of halogens is 1. The van der Waals surface area contributed by atoms with Crippen molar-refractivity contribution in [1.29, 1.82) is 0 Å².